The van der Waals surface area contributed by atoms with Gasteiger partial charge in [-0.3, -0.25) is 33.4 Å². The molecular weight excluding hydrogens is 1010 g/mol. The van der Waals surface area contributed by atoms with Crippen molar-refractivity contribution in [3.05, 3.63) is 106 Å². The Morgan fingerprint density at radius 3 is 2.23 bits per heavy atom. The van der Waals surface area contributed by atoms with Gasteiger partial charge >= 0.3 is 0 Å². The number of aliphatic hydroxyl groups is 1. The molecule has 2 aromatic carbocycles. The lowest BCUT2D eigenvalue weighted by atomic mass is 9.85. The second-order valence-corrected chi connectivity index (χ2v) is 23.9. The van der Waals surface area contributed by atoms with Gasteiger partial charge in [0.1, 0.15) is 17.9 Å². The number of unbranched alkanes of at least 4 members (excludes halogenated alkanes) is 3. The third-order valence-corrected chi connectivity index (χ3v) is 16.5. The van der Waals surface area contributed by atoms with Crippen LogP contribution in [-0.4, -0.2) is 121 Å². The zero-order valence-corrected chi connectivity index (χ0v) is 48.2. The number of benzene rings is 2. The molecule has 1 aliphatic carbocycles. The predicted octanol–water partition coefficient (Wildman–Crippen LogP) is 9.89. The number of hydrogen-bond acceptors (Lipinski definition) is 12. The van der Waals surface area contributed by atoms with Crippen molar-refractivity contribution < 1.29 is 33.9 Å². The Morgan fingerprint density at radius 1 is 0.848 bits per heavy atom. The molecule has 3 aromatic heterocycles. The van der Waals surface area contributed by atoms with Crippen molar-refractivity contribution in [3.8, 4) is 21.6 Å². The van der Waals surface area contributed by atoms with Gasteiger partial charge in [-0.2, -0.15) is 5.10 Å². The van der Waals surface area contributed by atoms with Crippen LogP contribution in [0, 0.1) is 12.3 Å². The molecule has 2 saturated heterocycles. The summed E-state index contributed by atoms with van der Waals surface area (Å²) in [5, 5.41) is 22.0. The number of β-amino-alcohol motifs (C(OH)–C–C–N with tert-alkyl or cyclic N) is 1. The van der Waals surface area contributed by atoms with Crippen LogP contribution in [0.4, 0.5) is 5.82 Å². The lowest BCUT2D eigenvalue weighted by Crippen LogP contribution is -2.57. The maximum atomic E-state index is 14.1. The third kappa shape index (κ3) is 14.3. The standard InChI is InChI=1S/C62H79N9O7S/c1-9-14-44-29-40(4)30-54(74)48(44)22-23-53(73)49-31-46(32-51-50(49)36-66-71(51)39(2)3)45-21-24-55(63-35-45)68-25-27-69(28-26-68)57(76)16-13-11-10-12-15-56(75)67-59(62(6,7)8)61(78)70-37-47(72)33-52(70)60(77)64-34-42-17-19-43(20-18-42)58-41(5)65-38-79-58/h17-21,24,29,31-32,35-36,38-39,47,52,59,72H,9-16,22-23,25-28,30,33-34,37H2,1-8H3,(H,64,77)(H,67,75)/t47-,52+,59-/m1/s1. The van der Waals surface area contributed by atoms with Crippen LogP contribution < -0.4 is 15.5 Å². The van der Waals surface area contributed by atoms with E-state index in [0.717, 1.165) is 91.9 Å². The highest BCUT2D eigenvalue weighted by atomic mass is 32.1. The van der Waals surface area contributed by atoms with E-state index >= 15 is 0 Å². The van der Waals surface area contributed by atoms with Crippen molar-refractivity contribution in [2.24, 2.45) is 5.41 Å². The topological polar surface area (TPSA) is 200 Å². The molecule has 2 aliphatic heterocycles. The van der Waals surface area contributed by atoms with E-state index in [-0.39, 0.29) is 67.7 Å². The number of aryl methyl sites for hydroxylation is 1. The number of aliphatic hydroxyl groups excluding tert-OH is 1. The predicted molar refractivity (Wildman–Crippen MR) is 310 cm³/mol. The number of carbonyl (C=O) groups is 6. The van der Waals surface area contributed by atoms with E-state index in [2.05, 4.69) is 58.5 Å². The number of carbonyl (C=O) groups excluding carboxylic acids is 6. The van der Waals surface area contributed by atoms with Gasteiger partial charge < -0.3 is 30.4 Å². The van der Waals surface area contributed by atoms with Crippen molar-refractivity contribution in [2.75, 3.05) is 37.6 Å². The number of likely N-dealkylation sites (tertiary alicyclic amines) is 1. The number of hydrogen-bond donors (Lipinski definition) is 3. The number of piperazine rings is 1. The first kappa shape index (κ1) is 58.3. The molecule has 79 heavy (non-hydrogen) atoms. The molecular formula is C62H79N9O7S. The molecule has 0 radical (unpaired) electrons. The van der Waals surface area contributed by atoms with Gasteiger partial charge in [-0.25, -0.2) is 9.97 Å². The molecule has 0 unspecified atom stereocenters. The number of amides is 4. The summed E-state index contributed by atoms with van der Waals surface area (Å²) in [6.07, 6.45) is 11.3. The number of nitrogens with zero attached hydrogens (tertiary/aromatic N) is 7. The van der Waals surface area contributed by atoms with Gasteiger partial charge in [-0.1, -0.05) is 82.9 Å². The molecule has 3 aliphatic rings. The van der Waals surface area contributed by atoms with Gasteiger partial charge in [0, 0.05) is 100 Å². The summed E-state index contributed by atoms with van der Waals surface area (Å²) in [6, 6.07) is 14.3. The van der Waals surface area contributed by atoms with Gasteiger partial charge in [0.25, 0.3) is 0 Å². The van der Waals surface area contributed by atoms with E-state index in [4.69, 9.17) is 4.98 Å². The average molecular weight is 1090 g/mol. The summed E-state index contributed by atoms with van der Waals surface area (Å²) in [5.41, 5.74) is 10.2. The fourth-order valence-corrected chi connectivity index (χ4v) is 11.9. The Hall–Kier alpha value is -6.85. The summed E-state index contributed by atoms with van der Waals surface area (Å²) in [6.45, 7) is 18.6. The van der Waals surface area contributed by atoms with Crippen molar-refractivity contribution in [3.63, 3.8) is 0 Å². The third-order valence-electron chi connectivity index (χ3n) is 15.5. The van der Waals surface area contributed by atoms with Crippen LogP contribution in [0.1, 0.15) is 153 Å². The first-order valence-corrected chi connectivity index (χ1v) is 29.2. The molecule has 3 N–H and O–H groups in total. The second-order valence-electron chi connectivity index (χ2n) is 23.0. The quantitative estimate of drug-likeness (QED) is 0.0440. The van der Waals surface area contributed by atoms with Crippen LogP contribution in [0.3, 0.4) is 0 Å². The Bertz CT molecular complexity index is 3090. The van der Waals surface area contributed by atoms with Crippen LogP contribution >= 0.6 is 11.3 Å². The molecule has 8 rings (SSSR count). The van der Waals surface area contributed by atoms with Crippen LogP contribution in [0.2, 0.25) is 0 Å². The van der Waals surface area contributed by atoms with E-state index in [1.807, 2.05) is 98.4 Å². The van der Waals surface area contributed by atoms with Gasteiger partial charge in [-0.15, -0.1) is 11.3 Å². The number of nitrogens with one attached hydrogen (secondary N) is 2. The molecule has 5 heterocycles. The molecule has 4 amide bonds. The Balaban J connectivity index is 0.770. The zero-order valence-electron chi connectivity index (χ0n) is 47.4. The number of pyridine rings is 1. The van der Waals surface area contributed by atoms with E-state index in [9.17, 15) is 33.9 Å². The van der Waals surface area contributed by atoms with Crippen molar-refractivity contribution >= 4 is 63.3 Å². The summed E-state index contributed by atoms with van der Waals surface area (Å²) < 4.78 is 1.94. The zero-order chi connectivity index (χ0) is 56.5. The Morgan fingerprint density at radius 2 is 1.57 bits per heavy atom. The molecule has 5 aromatic rings. The summed E-state index contributed by atoms with van der Waals surface area (Å²) in [7, 11) is 0. The number of ketones is 2. The van der Waals surface area contributed by atoms with E-state index in [0.29, 0.717) is 63.8 Å². The summed E-state index contributed by atoms with van der Waals surface area (Å²) in [5.74, 6) is 0.0249. The Labute approximate surface area is 469 Å². The minimum atomic E-state index is -0.900. The SMILES string of the molecule is CCCC1=C(CCC(=O)c2cc(-c3ccc(N4CCN(C(=O)CCCCCCC(=O)N[C@H](C(=O)N5C[C@H](O)C[C@H]5C(=O)NCc5ccc(-c6scnc6C)cc5)C(C)(C)C)CC4)nc3)cc3c2cnn3C(C)C)C(=O)CC(C)=C1. The molecule has 0 spiro atoms. The van der Waals surface area contributed by atoms with Crippen LogP contribution in [0.15, 0.2) is 89.2 Å². The fourth-order valence-electron chi connectivity index (χ4n) is 11.1. The summed E-state index contributed by atoms with van der Waals surface area (Å²) >= 11 is 1.58. The monoisotopic (exact) mass is 1090 g/mol. The molecule has 0 bridgehead atoms. The number of fused-ring (bicyclic) bond motifs is 1. The highest BCUT2D eigenvalue weighted by Crippen LogP contribution is 2.34. The van der Waals surface area contributed by atoms with E-state index in [1.54, 1.807) is 17.5 Å². The van der Waals surface area contributed by atoms with Crippen LogP contribution in [0.25, 0.3) is 32.5 Å². The lowest BCUT2D eigenvalue weighted by Gasteiger charge is -2.35. The minimum absolute atomic E-state index is 0.00464. The minimum Gasteiger partial charge on any atom is -0.391 e. The Kier molecular flexibility index (Phi) is 19.2. The maximum Gasteiger partial charge on any atom is 0.246 e. The molecule has 2 fully saturated rings. The van der Waals surface area contributed by atoms with Crippen molar-refractivity contribution in [1.29, 1.82) is 0 Å². The number of thiazole rings is 1. The van der Waals surface area contributed by atoms with Crippen LogP contribution in [0.5, 0.6) is 0 Å². The summed E-state index contributed by atoms with van der Waals surface area (Å²) in [4.78, 5) is 97.3. The highest BCUT2D eigenvalue weighted by molar-refractivity contribution is 7.13. The van der Waals surface area contributed by atoms with Gasteiger partial charge in [0.05, 0.1) is 33.9 Å². The first-order valence-electron chi connectivity index (χ1n) is 28.3. The molecule has 3 atom stereocenters. The maximum absolute atomic E-state index is 14.1. The number of Topliss-reactive ketones (excluding diaryl/α,β-unsaturated/α-hetero) is 2. The van der Waals surface area contributed by atoms with Gasteiger partial charge in [-0.05, 0) is 111 Å². The fraction of sp³-hybridized carbons (Fsp3) is 0.500. The van der Waals surface area contributed by atoms with Crippen LogP contribution in [-0.2, 0) is 30.5 Å². The van der Waals surface area contributed by atoms with Crippen molar-refractivity contribution in [1.82, 2.24) is 40.2 Å². The first-order chi connectivity index (χ1) is 37.8. The normalized spacial score (nSPS) is 17.4. The highest BCUT2D eigenvalue weighted by Gasteiger charge is 2.44. The van der Waals surface area contributed by atoms with Gasteiger partial charge in [0.2, 0.25) is 23.6 Å². The largest absolute Gasteiger partial charge is 0.391 e. The van der Waals surface area contributed by atoms with E-state index in [1.165, 1.54) is 4.90 Å². The molecule has 17 heteroatoms. The number of aromatic nitrogens is 4. The van der Waals surface area contributed by atoms with E-state index < -0.39 is 29.5 Å². The number of anilines is 1. The van der Waals surface area contributed by atoms with Crippen molar-refractivity contribution in [2.45, 2.75) is 163 Å². The second kappa shape index (κ2) is 26.0. The average Bonchev–Trinajstić information content (AvgIpc) is 4.40. The smallest absolute Gasteiger partial charge is 0.246 e. The number of allylic oxidation sites excluding steroid dienone is 4. The van der Waals surface area contributed by atoms with Gasteiger partial charge in [0.15, 0.2) is 11.6 Å². The number of rotatable bonds is 22. The molecule has 420 valence electrons. The molecule has 16 nitrogen and oxygen atoms in total. The lowest BCUT2D eigenvalue weighted by molar-refractivity contribution is -0.144. The molecule has 0 saturated carbocycles.